The van der Waals surface area contributed by atoms with E-state index in [2.05, 4.69) is 4.72 Å². The van der Waals surface area contributed by atoms with Crippen LogP contribution in [0.15, 0.2) is 0 Å². The van der Waals surface area contributed by atoms with Gasteiger partial charge in [-0.2, -0.15) is 17.4 Å². The molecule has 9 heteroatoms. The molecule has 0 bridgehead atoms. The van der Waals surface area contributed by atoms with Crippen LogP contribution in [0.4, 0.5) is 0 Å². The lowest BCUT2D eigenvalue weighted by Crippen LogP contribution is -2.50. The summed E-state index contributed by atoms with van der Waals surface area (Å²) in [6.45, 7) is 3.62. The summed E-state index contributed by atoms with van der Waals surface area (Å²) < 4.78 is 32.0. The largest absolute Gasteiger partial charge is 0.480 e. The summed E-state index contributed by atoms with van der Waals surface area (Å²) in [5, 5.41) is 8.71. The van der Waals surface area contributed by atoms with Crippen LogP contribution in [0.2, 0.25) is 0 Å². The molecule has 2 N–H and O–H groups in total. The van der Waals surface area contributed by atoms with Crippen LogP contribution in [0.5, 0.6) is 0 Å². The number of aliphatic carboxylic acids is 1. The number of carbonyl (C=O) groups is 2. The summed E-state index contributed by atoms with van der Waals surface area (Å²) in [7, 11) is -3.84. The summed E-state index contributed by atoms with van der Waals surface area (Å²) >= 11 is 0. The Morgan fingerprint density at radius 1 is 1.40 bits per heavy atom. The maximum absolute atomic E-state index is 11.9. The third kappa shape index (κ3) is 4.43. The Morgan fingerprint density at radius 2 is 1.95 bits per heavy atom. The molecule has 0 aromatic carbocycles. The predicted octanol–water partition coefficient (Wildman–Crippen LogP) is -0.431. The zero-order valence-electron chi connectivity index (χ0n) is 11.5. The molecule has 0 saturated carbocycles. The number of hydrogen-bond donors (Lipinski definition) is 2. The SMILES string of the molecule is CCOC(=O)C1CCN(S(=O)(=O)N[C@H](C)C(=O)O)CC1. The van der Waals surface area contributed by atoms with Crippen molar-refractivity contribution in [3.63, 3.8) is 0 Å². The van der Waals surface area contributed by atoms with Crippen molar-refractivity contribution < 1.29 is 27.9 Å². The lowest BCUT2D eigenvalue weighted by molar-refractivity contribution is -0.149. The van der Waals surface area contributed by atoms with Crippen LogP contribution >= 0.6 is 0 Å². The third-order valence-corrected chi connectivity index (χ3v) is 4.81. The van der Waals surface area contributed by atoms with Gasteiger partial charge in [-0.25, -0.2) is 0 Å². The summed E-state index contributed by atoms with van der Waals surface area (Å²) in [6.07, 6.45) is 0.752. The van der Waals surface area contributed by atoms with Gasteiger partial charge in [0.1, 0.15) is 6.04 Å². The highest BCUT2D eigenvalue weighted by atomic mass is 32.2. The predicted molar refractivity (Wildman–Crippen MR) is 70.1 cm³/mol. The molecule has 0 spiro atoms. The number of piperidine rings is 1. The third-order valence-electron chi connectivity index (χ3n) is 3.11. The fourth-order valence-corrected chi connectivity index (χ4v) is 3.33. The zero-order valence-corrected chi connectivity index (χ0v) is 12.4. The molecule has 20 heavy (non-hydrogen) atoms. The second kappa shape index (κ2) is 7.00. The van der Waals surface area contributed by atoms with Gasteiger partial charge in [-0.1, -0.05) is 0 Å². The molecule has 1 heterocycles. The van der Waals surface area contributed by atoms with E-state index in [9.17, 15) is 18.0 Å². The maximum atomic E-state index is 11.9. The fourth-order valence-electron chi connectivity index (χ4n) is 1.94. The molecule has 0 radical (unpaired) electrons. The maximum Gasteiger partial charge on any atom is 0.321 e. The van der Waals surface area contributed by atoms with Gasteiger partial charge in [0.05, 0.1) is 12.5 Å². The van der Waals surface area contributed by atoms with Crippen molar-refractivity contribution in [3.8, 4) is 0 Å². The molecule has 1 saturated heterocycles. The van der Waals surface area contributed by atoms with E-state index in [1.807, 2.05) is 0 Å². The summed E-state index contributed by atoms with van der Waals surface area (Å²) in [5.41, 5.74) is 0. The molecule has 0 amide bonds. The van der Waals surface area contributed by atoms with Crippen LogP contribution in [0, 0.1) is 5.92 Å². The second-order valence-corrected chi connectivity index (χ2v) is 6.31. The molecule has 1 fully saturated rings. The van der Waals surface area contributed by atoms with Crippen LogP contribution < -0.4 is 4.72 Å². The Bertz CT molecular complexity index is 456. The lowest BCUT2D eigenvalue weighted by atomic mass is 9.98. The van der Waals surface area contributed by atoms with Crippen LogP contribution in [-0.2, 0) is 24.5 Å². The number of hydrogen-bond acceptors (Lipinski definition) is 5. The van der Waals surface area contributed by atoms with Gasteiger partial charge in [-0.3, -0.25) is 9.59 Å². The standard InChI is InChI=1S/C11H20N2O6S/c1-3-19-11(16)9-4-6-13(7-5-9)20(17,18)12-8(2)10(14)15/h8-9,12H,3-7H2,1-2H3,(H,14,15)/t8-/m1/s1. The molecule has 0 aliphatic carbocycles. The van der Waals surface area contributed by atoms with Gasteiger partial charge in [0.2, 0.25) is 0 Å². The zero-order chi connectivity index (χ0) is 15.3. The minimum atomic E-state index is -3.84. The number of carbonyl (C=O) groups excluding carboxylic acids is 1. The van der Waals surface area contributed by atoms with Crippen molar-refractivity contribution in [3.05, 3.63) is 0 Å². The van der Waals surface area contributed by atoms with E-state index >= 15 is 0 Å². The van der Waals surface area contributed by atoms with E-state index in [-0.39, 0.29) is 25.0 Å². The van der Waals surface area contributed by atoms with E-state index in [1.54, 1.807) is 6.92 Å². The van der Waals surface area contributed by atoms with Crippen LogP contribution in [0.3, 0.4) is 0 Å². The Labute approximate surface area is 118 Å². The van der Waals surface area contributed by atoms with Gasteiger partial charge < -0.3 is 9.84 Å². The van der Waals surface area contributed by atoms with Crippen molar-refractivity contribution in [2.75, 3.05) is 19.7 Å². The number of esters is 1. The highest BCUT2D eigenvalue weighted by Crippen LogP contribution is 2.20. The molecule has 1 aliphatic rings. The van der Waals surface area contributed by atoms with Gasteiger partial charge in [0, 0.05) is 13.1 Å². The smallest absolute Gasteiger partial charge is 0.321 e. The first-order valence-corrected chi connectivity index (χ1v) is 7.88. The molecule has 1 rings (SSSR count). The summed E-state index contributed by atoms with van der Waals surface area (Å²) in [6, 6.07) is -1.19. The van der Waals surface area contributed by atoms with E-state index in [1.165, 1.54) is 6.92 Å². The van der Waals surface area contributed by atoms with Crippen molar-refractivity contribution in [2.45, 2.75) is 32.7 Å². The number of nitrogens with zero attached hydrogens (tertiary/aromatic N) is 1. The van der Waals surface area contributed by atoms with E-state index < -0.39 is 22.2 Å². The Hall–Kier alpha value is -1.19. The number of carboxylic acid groups (broad SMARTS) is 1. The molecular weight excluding hydrogens is 288 g/mol. The van der Waals surface area contributed by atoms with E-state index in [0.29, 0.717) is 19.4 Å². The van der Waals surface area contributed by atoms with Gasteiger partial charge in [-0.15, -0.1) is 0 Å². The Balaban J connectivity index is 2.56. The average molecular weight is 308 g/mol. The molecule has 0 aromatic rings. The van der Waals surface area contributed by atoms with Gasteiger partial charge in [0.15, 0.2) is 0 Å². The van der Waals surface area contributed by atoms with E-state index in [4.69, 9.17) is 9.84 Å². The average Bonchev–Trinajstić information content (AvgIpc) is 2.38. The Kier molecular flexibility index (Phi) is 5.90. The van der Waals surface area contributed by atoms with E-state index in [0.717, 1.165) is 4.31 Å². The lowest BCUT2D eigenvalue weighted by Gasteiger charge is -2.30. The van der Waals surface area contributed by atoms with Crippen LogP contribution in [-0.4, -0.2) is 55.5 Å². The molecule has 116 valence electrons. The number of carboxylic acids is 1. The Morgan fingerprint density at radius 3 is 2.40 bits per heavy atom. The first-order chi connectivity index (χ1) is 9.27. The van der Waals surface area contributed by atoms with Gasteiger partial charge >= 0.3 is 11.9 Å². The molecule has 1 aliphatic heterocycles. The molecule has 8 nitrogen and oxygen atoms in total. The second-order valence-electron chi connectivity index (χ2n) is 4.61. The monoisotopic (exact) mass is 308 g/mol. The molecular formula is C11H20N2O6S. The fraction of sp³-hybridized carbons (Fsp3) is 0.818. The van der Waals surface area contributed by atoms with Crippen molar-refractivity contribution >= 4 is 22.1 Å². The van der Waals surface area contributed by atoms with Crippen molar-refractivity contribution in [1.29, 1.82) is 0 Å². The first-order valence-electron chi connectivity index (χ1n) is 6.44. The topological polar surface area (TPSA) is 113 Å². The van der Waals surface area contributed by atoms with Crippen molar-refractivity contribution in [2.24, 2.45) is 5.92 Å². The van der Waals surface area contributed by atoms with Gasteiger partial charge in [0.25, 0.3) is 10.2 Å². The summed E-state index contributed by atoms with van der Waals surface area (Å²) in [4.78, 5) is 22.2. The minimum absolute atomic E-state index is 0.172. The van der Waals surface area contributed by atoms with Crippen molar-refractivity contribution in [1.82, 2.24) is 9.03 Å². The molecule has 1 atom stereocenters. The summed E-state index contributed by atoms with van der Waals surface area (Å²) in [5.74, 6) is -1.84. The first kappa shape index (κ1) is 16.9. The quantitative estimate of drug-likeness (QED) is 0.644. The number of rotatable bonds is 6. The normalized spacial score (nSPS) is 19.5. The number of nitrogens with one attached hydrogen (secondary N) is 1. The molecule has 0 aromatic heterocycles. The molecule has 0 unspecified atom stereocenters. The van der Waals surface area contributed by atoms with Crippen LogP contribution in [0.25, 0.3) is 0 Å². The van der Waals surface area contributed by atoms with Gasteiger partial charge in [-0.05, 0) is 26.7 Å². The highest BCUT2D eigenvalue weighted by molar-refractivity contribution is 7.87. The minimum Gasteiger partial charge on any atom is -0.480 e. The highest BCUT2D eigenvalue weighted by Gasteiger charge is 2.33. The van der Waals surface area contributed by atoms with Crippen LogP contribution in [0.1, 0.15) is 26.7 Å². The number of ether oxygens (including phenoxy) is 1.